The monoisotopic (exact) mass is 654 g/mol. The van der Waals surface area contributed by atoms with E-state index < -0.39 is 12.3 Å². The highest BCUT2D eigenvalue weighted by atomic mass is 32.2. The van der Waals surface area contributed by atoms with Gasteiger partial charge in [0, 0.05) is 30.7 Å². The van der Waals surface area contributed by atoms with Crippen molar-refractivity contribution in [3.8, 4) is 11.1 Å². The molecule has 0 saturated carbocycles. The lowest BCUT2D eigenvalue weighted by Crippen LogP contribution is -2.31. The maximum atomic E-state index is 12.0. The first-order valence-corrected chi connectivity index (χ1v) is 16.9. The molecule has 46 heavy (non-hydrogen) atoms. The molecule has 1 aliphatic rings. The number of carbonyl (C=O) groups excluding carboxylic acids is 1. The summed E-state index contributed by atoms with van der Waals surface area (Å²) in [6.07, 6.45) is -0.425. The molecule has 4 aromatic carbocycles. The molecular formula is C36H34N2O6S2. The largest absolute Gasteiger partial charge is 0.481 e. The number of fused-ring (bicyclic) bond motifs is 1. The van der Waals surface area contributed by atoms with Crippen LogP contribution in [0.15, 0.2) is 101 Å². The molecule has 8 nitrogen and oxygen atoms in total. The number of hydrogen-bond acceptors (Lipinski definition) is 8. The molecule has 1 saturated heterocycles. The second-order valence-electron chi connectivity index (χ2n) is 11.1. The van der Waals surface area contributed by atoms with E-state index in [1.807, 2.05) is 84.9 Å². The summed E-state index contributed by atoms with van der Waals surface area (Å²) < 4.78 is 15.4. The highest BCUT2D eigenvalue weighted by molar-refractivity contribution is 8.01. The smallest absolute Gasteiger partial charge is 0.303 e. The van der Waals surface area contributed by atoms with Crippen molar-refractivity contribution in [1.82, 2.24) is 10.3 Å². The Kier molecular flexibility index (Phi) is 10.4. The van der Waals surface area contributed by atoms with Gasteiger partial charge in [0.1, 0.15) is 0 Å². The number of benzene rings is 4. The molecule has 3 N–H and O–H groups in total. The Hall–Kier alpha value is -4.06. The average Bonchev–Trinajstić information content (AvgIpc) is 3.52. The summed E-state index contributed by atoms with van der Waals surface area (Å²) in [6, 6.07) is 32.0. The van der Waals surface area contributed by atoms with Crippen molar-refractivity contribution in [3.05, 3.63) is 119 Å². The molecule has 5 aromatic rings. The summed E-state index contributed by atoms with van der Waals surface area (Å²) in [7, 11) is 0. The fourth-order valence-corrected chi connectivity index (χ4v) is 7.45. The minimum absolute atomic E-state index is 0.00986. The number of para-hydroxylation sites is 1. The first-order valence-electron chi connectivity index (χ1n) is 15.1. The van der Waals surface area contributed by atoms with Crippen LogP contribution in [0.3, 0.4) is 0 Å². The van der Waals surface area contributed by atoms with Gasteiger partial charge < -0.3 is 25.0 Å². The zero-order valence-corrected chi connectivity index (χ0v) is 26.6. The number of amides is 1. The van der Waals surface area contributed by atoms with Crippen molar-refractivity contribution in [1.29, 1.82) is 0 Å². The highest BCUT2D eigenvalue weighted by Gasteiger charge is 2.32. The molecule has 1 amide bonds. The number of nitrogens with one attached hydrogen (secondary N) is 1. The average molecular weight is 655 g/mol. The van der Waals surface area contributed by atoms with Crippen LogP contribution in [-0.2, 0) is 32.2 Å². The van der Waals surface area contributed by atoms with Crippen molar-refractivity contribution in [2.75, 3.05) is 5.75 Å². The Morgan fingerprint density at radius 3 is 2.43 bits per heavy atom. The zero-order valence-electron chi connectivity index (χ0n) is 25.0. The van der Waals surface area contributed by atoms with Crippen molar-refractivity contribution in [2.45, 2.75) is 55.3 Å². The van der Waals surface area contributed by atoms with Crippen LogP contribution < -0.4 is 5.32 Å². The van der Waals surface area contributed by atoms with Crippen LogP contribution in [-0.4, -0.2) is 38.9 Å². The SMILES string of the molecule is O=C(O)CCC(=O)NCc1cccc(-c2cccc(C3OC(CSc4nc5ccccc5s4)CC(c4ccc(CO)cc4)O3)c2)c1. The number of thiazole rings is 1. The summed E-state index contributed by atoms with van der Waals surface area (Å²) >= 11 is 3.39. The van der Waals surface area contributed by atoms with Gasteiger partial charge in [-0.05, 0) is 52.1 Å². The third kappa shape index (κ3) is 8.20. The number of ether oxygens (including phenoxy) is 2. The van der Waals surface area contributed by atoms with Crippen LogP contribution in [0.25, 0.3) is 21.3 Å². The lowest BCUT2D eigenvalue weighted by molar-refractivity contribution is -0.245. The molecule has 236 valence electrons. The first-order chi connectivity index (χ1) is 22.4. The maximum Gasteiger partial charge on any atom is 0.303 e. The summed E-state index contributed by atoms with van der Waals surface area (Å²) in [5.74, 6) is -0.560. The lowest BCUT2D eigenvalue weighted by Gasteiger charge is -2.36. The van der Waals surface area contributed by atoms with Crippen molar-refractivity contribution in [3.63, 3.8) is 0 Å². The van der Waals surface area contributed by atoms with Gasteiger partial charge in [0.15, 0.2) is 10.6 Å². The van der Waals surface area contributed by atoms with Gasteiger partial charge in [-0.3, -0.25) is 9.59 Å². The third-order valence-corrected chi connectivity index (χ3v) is 10.1. The van der Waals surface area contributed by atoms with E-state index in [-0.39, 0.29) is 37.6 Å². The van der Waals surface area contributed by atoms with Crippen LogP contribution >= 0.6 is 23.1 Å². The molecule has 3 unspecified atom stereocenters. The van der Waals surface area contributed by atoms with Gasteiger partial charge in [0.25, 0.3) is 0 Å². The fraction of sp³-hybridized carbons (Fsp3) is 0.250. The van der Waals surface area contributed by atoms with Gasteiger partial charge in [-0.15, -0.1) is 11.3 Å². The molecule has 10 heteroatoms. The summed E-state index contributed by atoms with van der Waals surface area (Å²) in [5.41, 5.74) is 6.67. The maximum absolute atomic E-state index is 12.0. The predicted molar refractivity (Wildman–Crippen MR) is 179 cm³/mol. The minimum Gasteiger partial charge on any atom is -0.481 e. The lowest BCUT2D eigenvalue weighted by atomic mass is 9.99. The van der Waals surface area contributed by atoms with E-state index in [1.54, 1.807) is 23.1 Å². The van der Waals surface area contributed by atoms with Crippen LogP contribution in [0.2, 0.25) is 0 Å². The zero-order chi connectivity index (χ0) is 31.9. The van der Waals surface area contributed by atoms with Crippen LogP contribution in [0.1, 0.15) is 53.9 Å². The van der Waals surface area contributed by atoms with E-state index >= 15 is 0 Å². The van der Waals surface area contributed by atoms with Crippen molar-refractivity contribution in [2.24, 2.45) is 0 Å². The molecular weight excluding hydrogens is 621 g/mol. The molecule has 3 atom stereocenters. The van der Waals surface area contributed by atoms with Gasteiger partial charge >= 0.3 is 5.97 Å². The number of aromatic nitrogens is 1. The fourth-order valence-electron chi connectivity index (χ4n) is 5.33. The molecule has 0 bridgehead atoms. The molecule has 0 aliphatic carbocycles. The van der Waals surface area contributed by atoms with Crippen molar-refractivity contribution < 1.29 is 29.3 Å². The third-order valence-electron chi connectivity index (χ3n) is 7.76. The van der Waals surface area contributed by atoms with E-state index in [0.29, 0.717) is 13.0 Å². The van der Waals surface area contributed by atoms with E-state index in [0.717, 1.165) is 49.0 Å². The Bertz CT molecular complexity index is 1780. The van der Waals surface area contributed by atoms with E-state index in [9.17, 15) is 14.7 Å². The Balaban J connectivity index is 1.19. The standard InChI is InChI=1S/C36H34N2O6S2/c39-21-23-11-13-25(14-12-23)31-19-29(22-45-36-38-30-9-1-2-10-32(30)46-36)43-35(44-31)28-8-4-7-27(18-28)26-6-3-5-24(17-26)20-37-33(40)15-16-34(41)42/h1-14,17-18,29,31,35,39H,15-16,19-22H2,(H,37,40)(H,41,42). The number of carboxylic acids is 1. The van der Waals surface area contributed by atoms with Gasteiger partial charge in [-0.2, -0.15) is 0 Å². The van der Waals surface area contributed by atoms with Gasteiger partial charge in [0.2, 0.25) is 5.91 Å². The summed E-state index contributed by atoms with van der Waals surface area (Å²) in [5, 5.41) is 21.2. The quantitative estimate of drug-likeness (QED) is 0.120. The minimum atomic E-state index is -0.993. The van der Waals surface area contributed by atoms with E-state index in [4.69, 9.17) is 19.6 Å². The molecule has 1 aliphatic heterocycles. The number of rotatable bonds is 12. The number of aliphatic hydroxyl groups is 1. The first kappa shape index (κ1) is 31.9. The molecule has 1 aromatic heterocycles. The van der Waals surface area contributed by atoms with Crippen LogP contribution in [0.4, 0.5) is 0 Å². The molecule has 2 heterocycles. The van der Waals surface area contributed by atoms with Crippen LogP contribution in [0, 0.1) is 0 Å². The number of carboxylic acid groups (broad SMARTS) is 1. The van der Waals surface area contributed by atoms with Gasteiger partial charge in [-0.1, -0.05) is 84.6 Å². The summed E-state index contributed by atoms with van der Waals surface area (Å²) in [4.78, 5) is 27.6. The number of aliphatic carboxylic acids is 1. The van der Waals surface area contributed by atoms with Crippen LogP contribution in [0.5, 0.6) is 0 Å². The number of aliphatic hydroxyl groups excluding tert-OH is 1. The Morgan fingerprint density at radius 2 is 1.65 bits per heavy atom. The van der Waals surface area contributed by atoms with E-state index in [2.05, 4.69) is 17.4 Å². The van der Waals surface area contributed by atoms with Gasteiger partial charge in [0.05, 0.1) is 35.5 Å². The summed E-state index contributed by atoms with van der Waals surface area (Å²) in [6.45, 7) is 0.301. The number of thioether (sulfide) groups is 1. The van der Waals surface area contributed by atoms with E-state index in [1.165, 1.54) is 4.70 Å². The number of carbonyl (C=O) groups is 2. The van der Waals surface area contributed by atoms with Gasteiger partial charge in [-0.25, -0.2) is 4.98 Å². The number of nitrogens with zero attached hydrogens (tertiary/aromatic N) is 1. The molecule has 6 rings (SSSR count). The normalized spacial score (nSPS) is 18.0. The Morgan fingerprint density at radius 1 is 0.870 bits per heavy atom. The predicted octanol–water partition coefficient (Wildman–Crippen LogP) is 7.27. The van der Waals surface area contributed by atoms with Crippen molar-refractivity contribution >= 4 is 45.2 Å². The second-order valence-corrected chi connectivity index (χ2v) is 13.4. The second kappa shape index (κ2) is 15.0. The highest BCUT2D eigenvalue weighted by Crippen LogP contribution is 2.41. The topological polar surface area (TPSA) is 118 Å². The number of hydrogen-bond donors (Lipinski definition) is 3. The molecule has 0 spiro atoms. The Labute approximate surface area is 275 Å². The molecule has 0 radical (unpaired) electrons. The molecule has 1 fully saturated rings.